The van der Waals surface area contributed by atoms with Gasteiger partial charge in [0.2, 0.25) is 5.91 Å². The van der Waals surface area contributed by atoms with Crippen molar-refractivity contribution in [2.75, 3.05) is 25.0 Å². The largest absolute Gasteiger partial charge is 0.339 e. The molecule has 2 aromatic carbocycles. The van der Waals surface area contributed by atoms with E-state index in [-0.39, 0.29) is 24.4 Å². The second kappa shape index (κ2) is 10.0. The second-order valence-corrected chi connectivity index (χ2v) is 7.07. The lowest BCUT2D eigenvalue weighted by molar-refractivity contribution is -0.115. The van der Waals surface area contributed by atoms with E-state index in [9.17, 15) is 9.59 Å². The number of nitrogens with zero attached hydrogens (tertiary/aromatic N) is 1. The molecule has 5 heteroatoms. The molecule has 0 saturated heterocycles. The molecule has 0 bridgehead atoms. The van der Waals surface area contributed by atoms with Gasteiger partial charge in [-0.15, -0.1) is 0 Å². The Labute approximate surface area is 168 Å². The van der Waals surface area contributed by atoms with Crippen LogP contribution in [0.4, 0.5) is 5.69 Å². The summed E-state index contributed by atoms with van der Waals surface area (Å²) in [5, 5.41) is 6.15. The smallest absolute Gasteiger partial charge is 0.253 e. The van der Waals surface area contributed by atoms with Crippen LogP contribution in [0.3, 0.4) is 0 Å². The fraction of sp³-hybridized carbons (Fsp3) is 0.391. The van der Waals surface area contributed by atoms with E-state index in [1.54, 1.807) is 29.2 Å². The van der Waals surface area contributed by atoms with E-state index in [1.807, 2.05) is 13.8 Å². The number of nitrogens with one attached hydrogen (secondary N) is 2. The highest BCUT2D eigenvalue weighted by atomic mass is 16.2. The van der Waals surface area contributed by atoms with Crippen LogP contribution in [-0.2, 0) is 4.79 Å². The van der Waals surface area contributed by atoms with Crippen molar-refractivity contribution in [3.05, 3.63) is 64.7 Å². The maximum atomic E-state index is 12.5. The van der Waals surface area contributed by atoms with Crippen LogP contribution in [0.5, 0.6) is 0 Å². The molecule has 2 rings (SSSR count). The summed E-state index contributed by atoms with van der Waals surface area (Å²) in [5.41, 5.74) is 4.81. The zero-order valence-electron chi connectivity index (χ0n) is 17.5. The van der Waals surface area contributed by atoms with E-state index < -0.39 is 0 Å². The van der Waals surface area contributed by atoms with E-state index >= 15 is 0 Å². The third-order valence-corrected chi connectivity index (χ3v) is 4.91. The second-order valence-electron chi connectivity index (χ2n) is 7.07. The number of carbonyl (C=O) groups is 2. The van der Waals surface area contributed by atoms with Crippen molar-refractivity contribution in [2.45, 2.75) is 40.7 Å². The molecule has 0 spiro atoms. The molecular formula is C23H31N3O2. The number of aryl methyl sites for hydroxylation is 2. The highest BCUT2D eigenvalue weighted by Gasteiger charge is 2.14. The Balaban J connectivity index is 1.97. The van der Waals surface area contributed by atoms with Crippen LogP contribution in [-0.4, -0.2) is 36.3 Å². The number of anilines is 1. The van der Waals surface area contributed by atoms with E-state index in [4.69, 9.17) is 0 Å². The molecule has 0 aliphatic carbocycles. The maximum absolute atomic E-state index is 12.5. The standard InChI is InChI=1S/C23H31N3O2/c1-6-26(7-2)23(28)19-9-8-10-20(14-19)25-22(27)15-24-18(5)21-13-16(3)11-12-17(21)4/h8-14,18,24H,6-7,15H2,1-5H3,(H,25,27)/t18-/m0/s1. The monoisotopic (exact) mass is 381 g/mol. The Hall–Kier alpha value is -2.66. The van der Waals surface area contributed by atoms with Crippen molar-refractivity contribution in [3.63, 3.8) is 0 Å². The van der Waals surface area contributed by atoms with E-state index in [0.717, 1.165) is 0 Å². The molecule has 28 heavy (non-hydrogen) atoms. The normalized spacial score (nSPS) is 11.8. The van der Waals surface area contributed by atoms with E-state index in [0.29, 0.717) is 24.3 Å². The van der Waals surface area contributed by atoms with Gasteiger partial charge in [0.05, 0.1) is 6.54 Å². The van der Waals surface area contributed by atoms with E-state index in [1.165, 1.54) is 16.7 Å². The lowest BCUT2D eigenvalue weighted by Crippen LogP contribution is -2.31. The molecule has 0 aromatic heterocycles. The third kappa shape index (κ3) is 5.67. The van der Waals surface area contributed by atoms with Gasteiger partial charge in [-0.1, -0.05) is 29.8 Å². The number of amides is 2. The summed E-state index contributed by atoms with van der Waals surface area (Å²) in [6.45, 7) is 11.6. The zero-order chi connectivity index (χ0) is 20.7. The fourth-order valence-electron chi connectivity index (χ4n) is 3.21. The number of hydrogen-bond donors (Lipinski definition) is 2. The molecule has 0 aliphatic heterocycles. The van der Waals surface area contributed by atoms with Crippen LogP contribution >= 0.6 is 0 Å². The lowest BCUT2D eigenvalue weighted by atomic mass is 10.00. The van der Waals surface area contributed by atoms with Crippen LogP contribution in [0, 0.1) is 13.8 Å². The Kier molecular flexibility index (Phi) is 7.76. The fourth-order valence-corrected chi connectivity index (χ4v) is 3.21. The van der Waals surface area contributed by atoms with Crippen LogP contribution in [0.2, 0.25) is 0 Å². The van der Waals surface area contributed by atoms with Gasteiger partial charge in [-0.2, -0.15) is 0 Å². The van der Waals surface area contributed by atoms with Gasteiger partial charge in [-0.05, 0) is 63.9 Å². The summed E-state index contributed by atoms with van der Waals surface area (Å²) in [4.78, 5) is 26.6. The predicted molar refractivity (Wildman–Crippen MR) is 115 cm³/mol. The minimum atomic E-state index is -0.135. The first-order valence-electron chi connectivity index (χ1n) is 9.85. The molecule has 0 aliphatic rings. The average Bonchev–Trinajstić information content (AvgIpc) is 2.69. The Morgan fingerprint density at radius 3 is 2.43 bits per heavy atom. The number of rotatable bonds is 8. The van der Waals surface area contributed by atoms with Gasteiger partial charge in [-0.3, -0.25) is 9.59 Å². The maximum Gasteiger partial charge on any atom is 0.253 e. The molecule has 1 atom stereocenters. The minimum absolute atomic E-state index is 0.0252. The molecule has 0 unspecified atom stereocenters. The summed E-state index contributed by atoms with van der Waals surface area (Å²) in [6.07, 6.45) is 0. The SMILES string of the molecule is CCN(CC)C(=O)c1cccc(NC(=O)CN[C@@H](C)c2cc(C)ccc2C)c1. The van der Waals surface area contributed by atoms with Crippen molar-refractivity contribution < 1.29 is 9.59 Å². The summed E-state index contributed by atoms with van der Waals surface area (Å²) in [5.74, 6) is -0.160. The van der Waals surface area contributed by atoms with Gasteiger partial charge in [0.1, 0.15) is 0 Å². The molecule has 2 aromatic rings. The van der Waals surface area contributed by atoms with Gasteiger partial charge in [-0.25, -0.2) is 0 Å². The molecule has 150 valence electrons. The van der Waals surface area contributed by atoms with Crippen molar-refractivity contribution in [3.8, 4) is 0 Å². The van der Waals surface area contributed by atoms with Gasteiger partial charge in [0.15, 0.2) is 0 Å². The molecule has 0 heterocycles. The third-order valence-electron chi connectivity index (χ3n) is 4.91. The highest BCUT2D eigenvalue weighted by molar-refractivity contribution is 5.97. The molecular weight excluding hydrogens is 350 g/mol. The minimum Gasteiger partial charge on any atom is -0.339 e. The van der Waals surface area contributed by atoms with Gasteiger partial charge >= 0.3 is 0 Å². The highest BCUT2D eigenvalue weighted by Crippen LogP contribution is 2.19. The van der Waals surface area contributed by atoms with Crippen molar-refractivity contribution >= 4 is 17.5 Å². The average molecular weight is 382 g/mol. The lowest BCUT2D eigenvalue weighted by Gasteiger charge is -2.19. The summed E-state index contributed by atoms with van der Waals surface area (Å²) < 4.78 is 0. The summed E-state index contributed by atoms with van der Waals surface area (Å²) in [6, 6.07) is 13.5. The van der Waals surface area contributed by atoms with E-state index in [2.05, 4.69) is 49.6 Å². The Morgan fingerprint density at radius 1 is 1.04 bits per heavy atom. The first-order chi connectivity index (χ1) is 13.3. The van der Waals surface area contributed by atoms with Crippen LogP contribution in [0.15, 0.2) is 42.5 Å². The summed E-state index contributed by atoms with van der Waals surface area (Å²) >= 11 is 0. The van der Waals surface area contributed by atoms with Gasteiger partial charge in [0, 0.05) is 30.4 Å². The quantitative estimate of drug-likeness (QED) is 0.724. The van der Waals surface area contributed by atoms with Crippen LogP contribution < -0.4 is 10.6 Å². The molecule has 5 nitrogen and oxygen atoms in total. The zero-order valence-corrected chi connectivity index (χ0v) is 17.5. The number of carbonyl (C=O) groups excluding carboxylic acids is 2. The molecule has 2 N–H and O–H groups in total. The number of hydrogen-bond acceptors (Lipinski definition) is 3. The van der Waals surface area contributed by atoms with Gasteiger partial charge < -0.3 is 15.5 Å². The number of benzene rings is 2. The van der Waals surface area contributed by atoms with Gasteiger partial charge in [0.25, 0.3) is 5.91 Å². The first kappa shape index (κ1) is 21.6. The van der Waals surface area contributed by atoms with Crippen molar-refractivity contribution in [1.29, 1.82) is 0 Å². The molecule has 0 saturated carbocycles. The molecule has 2 amide bonds. The molecule has 0 fully saturated rings. The van der Waals surface area contributed by atoms with Crippen LogP contribution in [0.25, 0.3) is 0 Å². The topological polar surface area (TPSA) is 61.4 Å². The molecule has 0 radical (unpaired) electrons. The van der Waals surface area contributed by atoms with Crippen molar-refractivity contribution in [1.82, 2.24) is 10.2 Å². The van der Waals surface area contributed by atoms with Crippen molar-refractivity contribution in [2.24, 2.45) is 0 Å². The predicted octanol–water partition coefficient (Wildman–Crippen LogP) is 4.07. The van der Waals surface area contributed by atoms with Crippen LogP contribution in [0.1, 0.15) is 53.9 Å². The Morgan fingerprint density at radius 2 is 1.75 bits per heavy atom. The summed E-state index contributed by atoms with van der Waals surface area (Å²) in [7, 11) is 0. The Bertz CT molecular complexity index is 828. The first-order valence-corrected chi connectivity index (χ1v) is 9.85.